The fraction of sp³-hybridized carbons (Fsp3) is 0.286. The van der Waals surface area contributed by atoms with Gasteiger partial charge < -0.3 is 10.1 Å². The maximum atomic E-state index is 12.2. The average molecular weight is 259 g/mol. The van der Waals surface area contributed by atoms with E-state index in [1.807, 2.05) is 27.0 Å². The lowest BCUT2D eigenvalue weighted by Gasteiger charge is -2.08. The van der Waals surface area contributed by atoms with Crippen LogP contribution < -0.4 is 10.1 Å². The summed E-state index contributed by atoms with van der Waals surface area (Å²) in [6.45, 7) is 3.79. The largest absolute Gasteiger partial charge is 0.497 e. The van der Waals surface area contributed by atoms with Crippen LogP contribution in [-0.4, -0.2) is 22.8 Å². The van der Waals surface area contributed by atoms with Crippen molar-refractivity contribution in [1.82, 2.24) is 9.78 Å². The van der Waals surface area contributed by atoms with Crippen LogP contribution >= 0.6 is 0 Å². The van der Waals surface area contributed by atoms with Gasteiger partial charge in [0.1, 0.15) is 5.75 Å². The molecular formula is C14H17N3O2. The Morgan fingerprint density at radius 1 is 1.37 bits per heavy atom. The summed E-state index contributed by atoms with van der Waals surface area (Å²) in [6.07, 6.45) is 1.64. The molecule has 0 aliphatic heterocycles. The second kappa shape index (κ2) is 5.14. The molecule has 19 heavy (non-hydrogen) atoms. The number of anilines is 1. The molecule has 0 fully saturated rings. The number of nitrogens with one attached hydrogen (secondary N) is 1. The molecular weight excluding hydrogens is 242 g/mol. The van der Waals surface area contributed by atoms with E-state index in [4.69, 9.17) is 4.74 Å². The predicted octanol–water partition coefficient (Wildman–Crippen LogP) is 2.30. The monoisotopic (exact) mass is 259 g/mol. The molecule has 0 unspecified atom stereocenters. The number of aryl methyl sites for hydroxylation is 2. The van der Waals surface area contributed by atoms with Crippen LogP contribution in [0.15, 0.2) is 24.4 Å². The van der Waals surface area contributed by atoms with Gasteiger partial charge in [0.25, 0.3) is 5.91 Å². The highest BCUT2D eigenvalue weighted by Gasteiger charge is 2.12. The van der Waals surface area contributed by atoms with Crippen molar-refractivity contribution in [2.75, 3.05) is 12.4 Å². The zero-order valence-corrected chi connectivity index (χ0v) is 11.5. The Morgan fingerprint density at radius 2 is 2.11 bits per heavy atom. The van der Waals surface area contributed by atoms with E-state index < -0.39 is 0 Å². The lowest BCUT2D eigenvalue weighted by atomic mass is 10.1. The Hall–Kier alpha value is -2.30. The third-order valence-electron chi connectivity index (χ3n) is 3.16. The first kappa shape index (κ1) is 13.1. The predicted molar refractivity (Wildman–Crippen MR) is 73.6 cm³/mol. The van der Waals surface area contributed by atoms with Crippen LogP contribution in [0, 0.1) is 13.8 Å². The SMILES string of the molecule is COc1ccc(C(=O)Nc2cnn(C)c2C)c(C)c1. The molecule has 1 amide bonds. The standard InChI is InChI=1S/C14H17N3O2/c1-9-7-11(19-4)5-6-12(9)14(18)16-13-8-15-17(3)10(13)2/h5-8H,1-4H3,(H,16,18). The second-order valence-electron chi connectivity index (χ2n) is 4.40. The van der Waals surface area contributed by atoms with E-state index in [9.17, 15) is 4.79 Å². The van der Waals surface area contributed by atoms with Gasteiger partial charge in [0.15, 0.2) is 0 Å². The van der Waals surface area contributed by atoms with E-state index in [1.165, 1.54) is 0 Å². The molecule has 1 aromatic carbocycles. The summed E-state index contributed by atoms with van der Waals surface area (Å²) in [7, 11) is 3.44. The summed E-state index contributed by atoms with van der Waals surface area (Å²) in [5, 5.41) is 6.96. The quantitative estimate of drug-likeness (QED) is 0.920. The van der Waals surface area contributed by atoms with Crippen molar-refractivity contribution < 1.29 is 9.53 Å². The summed E-state index contributed by atoms with van der Waals surface area (Å²) in [5.74, 6) is 0.600. The maximum absolute atomic E-state index is 12.2. The van der Waals surface area contributed by atoms with Crippen molar-refractivity contribution in [3.63, 3.8) is 0 Å². The molecule has 2 aromatic rings. The van der Waals surface area contributed by atoms with Crippen LogP contribution in [0.5, 0.6) is 5.75 Å². The van der Waals surface area contributed by atoms with Crippen molar-refractivity contribution in [1.29, 1.82) is 0 Å². The third kappa shape index (κ3) is 2.59. The minimum absolute atomic E-state index is 0.142. The van der Waals surface area contributed by atoms with Gasteiger partial charge in [-0.15, -0.1) is 0 Å². The molecule has 100 valence electrons. The first-order chi connectivity index (χ1) is 9.02. The van der Waals surface area contributed by atoms with E-state index in [2.05, 4.69) is 10.4 Å². The Bertz CT molecular complexity index is 617. The lowest BCUT2D eigenvalue weighted by molar-refractivity contribution is 0.102. The van der Waals surface area contributed by atoms with E-state index in [0.29, 0.717) is 5.56 Å². The number of benzene rings is 1. The summed E-state index contributed by atoms with van der Waals surface area (Å²) in [6, 6.07) is 5.37. The second-order valence-corrected chi connectivity index (χ2v) is 4.40. The average Bonchev–Trinajstić information content (AvgIpc) is 2.70. The molecule has 5 heteroatoms. The molecule has 2 rings (SSSR count). The molecule has 1 N–H and O–H groups in total. The molecule has 0 radical (unpaired) electrons. The van der Waals surface area contributed by atoms with Crippen LogP contribution in [0.4, 0.5) is 5.69 Å². The minimum Gasteiger partial charge on any atom is -0.497 e. The smallest absolute Gasteiger partial charge is 0.256 e. The highest BCUT2D eigenvalue weighted by Crippen LogP contribution is 2.19. The Balaban J connectivity index is 2.23. The highest BCUT2D eigenvalue weighted by molar-refractivity contribution is 6.05. The van der Waals surface area contributed by atoms with Crippen molar-refractivity contribution in [3.8, 4) is 5.75 Å². The van der Waals surface area contributed by atoms with Gasteiger partial charge in [0, 0.05) is 12.6 Å². The Morgan fingerprint density at radius 3 is 2.63 bits per heavy atom. The lowest BCUT2D eigenvalue weighted by Crippen LogP contribution is -2.14. The van der Waals surface area contributed by atoms with Crippen LogP contribution in [0.3, 0.4) is 0 Å². The number of carbonyl (C=O) groups excluding carboxylic acids is 1. The fourth-order valence-corrected chi connectivity index (χ4v) is 1.83. The van der Waals surface area contributed by atoms with E-state index in [1.54, 1.807) is 30.1 Å². The molecule has 1 aromatic heterocycles. The van der Waals surface area contributed by atoms with Gasteiger partial charge >= 0.3 is 0 Å². The minimum atomic E-state index is -0.142. The van der Waals surface area contributed by atoms with E-state index in [0.717, 1.165) is 22.7 Å². The number of methoxy groups -OCH3 is 1. The maximum Gasteiger partial charge on any atom is 0.256 e. The topological polar surface area (TPSA) is 56.1 Å². The number of hydrogen-bond acceptors (Lipinski definition) is 3. The third-order valence-corrected chi connectivity index (χ3v) is 3.16. The van der Waals surface area contributed by atoms with Crippen LogP contribution in [-0.2, 0) is 7.05 Å². The first-order valence-electron chi connectivity index (χ1n) is 5.97. The number of aromatic nitrogens is 2. The molecule has 1 heterocycles. The van der Waals surface area contributed by atoms with Gasteiger partial charge in [0.2, 0.25) is 0 Å². The van der Waals surface area contributed by atoms with Crippen LogP contribution in [0.25, 0.3) is 0 Å². The van der Waals surface area contributed by atoms with Crippen molar-refractivity contribution in [2.24, 2.45) is 7.05 Å². The summed E-state index contributed by atoms with van der Waals surface area (Å²) >= 11 is 0. The summed E-state index contributed by atoms with van der Waals surface area (Å²) in [5.41, 5.74) is 3.14. The molecule has 0 aliphatic rings. The van der Waals surface area contributed by atoms with Crippen LogP contribution in [0.2, 0.25) is 0 Å². The molecule has 0 saturated heterocycles. The normalized spacial score (nSPS) is 10.3. The molecule has 0 saturated carbocycles. The Labute approximate surface area is 112 Å². The number of ether oxygens (including phenoxy) is 1. The number of rotatable bonds is 3. The molecule has 0 bridgehead atoms. The molecule has 5 nitrogen and oxygen atoms in total. The number of amides is 1. The molecule has 0 spiro atoms. The van der Waals surface area contributed by atoms with Crippen molar-refractivity contribution in [3.05, 3.63) is 41.2 Å². The van der Waals surface area contributed by atoms with Gasteiger partial charge in [-0.2, -0.15) is 5.10 Å². The van der Waals surface area contributed by atoms with Gasteiger partial charge in [-0.1, -0.05) is 0 Å². The number of hydrogen-bond donors (Lipinski definition) is 1. The first-order valence-corrected chi connectivity index (χ1v) is 5.97. The van der Waals surface area contributed by atoms with E-state index in [-0.39, 0.29) is 5.91 Å². The van der Waals surface area contributed by atoms with Crippen LogP contribution in [0.1, 0.15) is 21.6 Å². The molecule has 0 aliphatic carbocycles. The highest BCUT2D eigenvalue weighted by atomic mass is 16.5. The number of nitrogens with zero attached hydrogens (tertiary/aromatic N) is 2. The zero-order valence-electron chi connectivity index (χ0n) is 11.5. The van der Waals surface area contributed by atoms with E-state index >= 15 is 0 Å². The summed E-state index contributed by atoms with van der Waals surface area (Å²) in [4.78, 5) is 12.2. The van der Waals surface area contributed by atoms with Gasteiger partial charge in [-0.25, -0.2) is 0 Å². The van der Waals surface area contributed by atoms with Gasteiger partial charge in [-0.3, -0.25) is 9.48 Å². The van der Waals surface area contributed by atoms with Gasteiger partial charge in [-0.05, 0) is 37.6 Å². The summed E-state index contributed by atoms with van der Waals surface area (Å²) < 4.78 is 6.84. The Kier molecular flexibility index (Phi) is 3.55. The fourth-order valence-electron chi connectivity index (χ4n) is 1.83. The van der Waals surface area contributed by atoms with Crippen molar-refractivity contribution >= 4 is 11.6 Å². The van der Waals surface area contributed by atoms with Crippen molar-refractivity contribution in [2.45, 2.75) is 13.8 Å². The molecule has 0 atom stereocenters. The number of carbonyl (C=O) groups is 1. The van der Waals surface area contributed by atoms with Gasteiger partial charge in [0.05, 0.1) is 24.7 Å². The zero-order chi connectivity index (χ0) is 14.0.